The minimum atomic E-state index is -0.524. The van der Waals surface area contributed by atoms with Gasteiger partial charge < -0.3 is 20.3 Å². The Morgan fingerprint density at radius 2 is 1.88 bits per heavy atom. The number of ether oxygens (including phenoxy) is 1. The van der Waals surface area contributed by atoms with Gasteiger partial charge in [0.05, 0.1) is 11.9 Å². The molecule has 0 atom stereocenters. The van der Waals surface area contributed by atoms with Crippen molar-refractivity contribution in [3.8, 4) is 0 Å². The Morgan fingerprint density at radius 1 is 1.18 bits per heavy atom. The van der Waals surface area contributed by atoms with Crippen LogP contribution in [-0.2, 0) is 11.3 Å². The number of halogens is 1. The second kappa shape index (κ2) is 10.6. The number of benzene rings is 1. The summed E-state index contributed by atoms with van der Waals surface area (Å²) >= 11 is 0. The topological polar surface area (TPSA) is 86.8 Å². The zero-order valence-electron chi connectivity index (χ0n) is 19.6. The van der Waals surface area contributed by atoms with Crippen molar-refractivity contribution in [1.29, 1.82) is 0 Å². The number of nitrogens with one attached hydrogen (secondary N) is 2. The molecule has 0 saturated carbocycles. The van der Waals surface area contributed by atoms with Crippen LogP contribution in [0.1, 0.15) is 39.2 Å². The first-order chi connectivity index (χ1) is 15.6. The van der Waals surface area contributed by atoms with Gasteiger partial charge in [0, 0.05) is 44.6 Å². The highest BCUT2D eigenvalue weighted by atomic mass is 19.1. The van der Waals surface area contributed by atoms with E-state index in [0.29, 0.717) is 17.9 Å². The number of amides is 3. The zero-order chi connectivity index (χ0) is 24.0. The molecule has 2 heterocycles. The third-order valence-electron chi connectivity index (χ3n) is 5.33. The monoisotopic (exact) mass is 457 g/mol. The predicted octanol–water partition coefficient (Wildman–Crippen LogP) is 4.70. The summed E-state index contributed by atoms with van der Waals surface area (Å²) in [4.78, 5) is 32.4. The lowest BCUT2D eigenvalue weighted by atomic mass is 10.0. The third kappa shape index (κ3) is 7.71. The van der Waals surface area contributed by atoms with Gasteiger partial charge in [0.25, 0.3) is 0 Å². The predicted molar refractivity (Wildman–Crippen MR) is 126 cm³/mol. The summed E-state index contributed by atoms with van der Waals surface area (Å²) in [5.41, 5.74) is 1.17. The van der Waals surface area contributed by atoms with E-state index >= 15 is 0 Å². The standard InChI is InChI=1S/C24H32FN5O3/c1-24(2,3)33-23(32)29(4)21-7-10-30(11-8-21)16-17-12-18(25)14-20(13-17)28-22(31)27-19-6-5-9-26-15-19/h5-6,9,12-15,21H,7-8,10-11,16H2,1-4H3,(H2,27,28,31). The molecule has 1 aromatic carbocycles. The molecule has 1 aliphatic heterocycles. The van der Waals surface area contributed by atoms with E-state index in [1.807, 2.05) is 20.8 Å². The van der Waals surface area contributed by atoms with Gasteiger partial charge in [-0.1, -0.05) is 0 Å². The van der Waals surface area contributed by atoms with Gasteiger partial charge in [-0.15, -0.1) is 0 Å². The summed E-state index contributed by atoms with van der Waals surface area (Å²) in [5.74, 6) is -0.413. The zero-order valence-corrected chi connectivity index (χ0v) is 19.6. The van der Waals surface area contributed by atoms with Gasteiger partial charge in [-0.2, -0.15) is 0 Å². The van der Waals surface area contributed by atoms with E-state index in [2.05, 4.69) is 20.5 Å². The summed E-state index contributed by atoms with van der Waals surface area (Å²) in [5, 5.41) is 5.33. The molecule has 178 valence electrons. The molecule has 2 aromatic rings. The fourth-order valence-corrected chi connectivity index (χ4v) is 3.75. The van der Waals surface area contributed by atoms with Crippen molar-refractivity contribution < 1.29 is 18.7 Å². The molecule has 33 heavy (non-hydrogen) atoms. The number of carbonyl (C=O) groups is 2. The van der Waals surface area contributed by atoms with Gasteiger partial charge in [-0.25, -0.2) is 14.0 Å². The molecular weight excluding hydrogens is 425 g/mol. The highest BCUT2D eigenvalue weighted by molar-refractivity contribution is 5.99. The van der Waals surface area contributed by atoms with Crippen LogP contribution in [0.5, 0.6) is 0 Å². The number of hydrogen-bond acceptors (Lipinski definition) is 5. The van der Waals surface area contributed by atoms with Gasteiger partial charge in [-0.05, 0) is 69.5 Å². The molecule has 1 saturated heterocycles. The lowest BCUT2D eigenvalue weighted by Crippen LogP contribution is -2.46. The van der Waals surface area contributed by atoms with Gasteiger partial charge >= 0.3 is 12.1 Å². The van der Waals surface area contributed by atoms with Crippen molar-refractivity contribution >= 4 is 23.5 Å². The molecule has 0 spiro atoms. The molecular formula is C24H32FN5O3. The first-order valence-corrected chi connectivity index (χ1v) is 11.0. The Kier molecular flexibility index (Phi) is 7.86. The Balaban J connectivity index is 1.53. The molecule has 2 N–H and O–H groups in total. The van der Waals surface area contributed by atoms with Crippen LogP contribution >= 0.6 is 0 Å². The smallest absolute Gasteiger partial charge is 0.410 e. The van der Waals surface area contributed by atoms with E-state index in [4.69, 9.17) is 4.74 Å². The second-order valence-corrected chi connectivity index (χ2v) is 9.27. The number of nitrogens with zero attached hydrogens (tertiary/aromatic N) is 3. The molecule has 9 heteroatoms. The number of piperidine rings is 1. The SMILES string of the molecule is CN(C(=O)OC(C)(C)C)C1CCN(Cc2cc(F)cc(NC(=O)Nc3cccnc3)c2)CC1. The van der Waals surface area contributed by atoms with Gasteiger partial charge in [0.2, 0.25) is 0 Å². The van der Waals surface area contributed by atoms with Crippen molar-refractivity contribution in [3.05, 3.63) is 54.1 Å². The normalized spacial score (nSPS) is 15.1. The molecule has 8 nitrogen and oxygen atoms in total. The first kappa shape index (κ1) is 24.4. The van der Waals surface area contributed by atoms with Crippen LogP contribution < -0.4 is 10.6 Å². The molecule has 3 rings (SSSR count). The highest BCUT2D eigenvalue weighted by Crippen LogP contribution is 2.22. The van der Waals surface area contributed by atoms with Gasteiger partial charge in [0.15, 0.2) is 0 Å². The van der Waals surface area contributed by atoms with Crippen LogP contribution in [0.3, 0.4) is 0 Å². The van der Waals surface area contributed by atoms with Crippen LogP contribution in [0.15, 0.2) is 42.7 Å². The summed E-state index contributed by atoms with van der Waals surface area (Å²) in [6.07, 6.45) is 4.44. The number of rotatable bonds is 5. The fraction of sp³-hybridized carbons (Fsp3) is 0.458. The maximum Gasteiger partial charge on any atom is 0.410 e. The van der Waals surface area contributed by atoms with Gasteiger partial charge in [0.1, 0.15) is 11.4 Å². The average Bonchev–Trinajstić information content (AvgIpc) is 2.72. The van der Waals surface area contributed by atoms with Crippen LogP contribution in [0.4, 0.5) is 25.4 Å². The molecule has 0 unspecified atom stereocenters. The fourth-order valence-electron chi connectivity index (χ4n) is 3.75. The molecule has 0 bridgehead atoms. The van der Waals surface area contributed by atoms with E-state index < -0.39 is 17.4 Å². The maximum absolute atomic E-state index is 14.2. The summed E-state index contributed by atoms with van der Waals surface area (Å²) in [7, 11) is 1.77. The lowest BCUT2D eigenvalue weighted by molar-refractivity contribution is 0.0149. The first-order valence-electron chi connectivity index (χ1n) is 11.0. The average molecular weight is 458 g/mol. The Labute approximate surface area is 194 Å². The lowest BCUT2D eigenvalue weighted by Gasteiger charge is -2.37. The van der Waals surface area contributed by atoms with Crippen molar-refractivity contribution in [2.75, 3.05) is 30.8 Å². The van der Waals surface area contributed by atoms with Crippen LogP contribution in [-0.4, -0.2) is 58.7 Å². The van der Waals surface area contributed by atoms with Crippen molar-refractivity contribution in [3.63, 3.8) is 0 Å². The number of likely N-dealkylation sites (tertiary alicyclic amines) is 1. The Morgan fingerprint density at radius 3 is 2.52 bits per heavy atom. The third-order valence-corrected chi connectivity index (χ3v) is 5.33. The number of carbonyl (C=O) groups excluding carboxylic acids is 2. The maximum atomic E-state index is 14.2. The quantitative estimate of drug-likeness (QED) is 0.680. The minimum Gasteiger partial charge on any atom is -0.444 e. The van der Waals surface area contributed by atoms with Crippen molar-refractivity contribution in [2.24, 2.45) is 0 Å². The number of hydrogen-bond donors (Lipinski definition) is 2. The Bertz CT molecular complexity index is 956. The summed E-state index contributed by atoms with van der Waals surface area (Å²) in [6.45, 7) is 7.67. The summed E-state index contributed by atoms with van der Waals surface area (Å²) < 4.78 is 19.7. The largest absolute Gasteiger partial charge is 0.444 e. The van der Waals surface area contributed by atoms with E-state index in [1.165, 1.54) is 18.3 Å². The van der Waals surface area contributed by atoms with Gasteiger partial charge in [-0.3, -0.25) is 9.88 Å². The van der Waals surface area contributed by atoms with E-state index in [9.17, 15) is 14.0 Å². The number of anilines is 2. The molecule has 1 fully saturated rings. The summed E-state index contributed by atoms with van der Waals surface area (Å²) in [6, 6.07) is 7.60. The second-order valence-electron chi connectivity index (χ2n) is 9.27. The molecule has 1 aromatic heterocycles. The number of aromatic nitrogens is 1. The van der Waals surface area contributed by atoms with E-state index in [1.54, 1.807) is 36.3 Å². The Hall–Kier alpha value is -3.20. The number of urea groups is 1. The molecule has 0 aliphatic carbocycles. The van der Waals surface area contributed by atoms with Crippen LogP contribution in [0, 0.1) is 5.82 Å². The van der Waals surface area contributed by atoms with Crippen molar-refractivity contribution in [1.82, 2.24) is 14.8 Å². The molecule has 3 amide bonds. The molecule has 1 aliphatic rings. The molecule has 0 radical (unpaired) electrons. The highest BCUT2D eigenvalue weighted by Gasteiger charge is 2.28. The van der Waals surface area contributed by atoms with Crippen LogP contribution in [0.25, 0.3) is 0 Å². The van der Waals surface area contributed by atoms with Crippen molar-refractivity contribution in [2.45, 2.75) is 51.8 Å². The van der Waals surface area contributed by atoms with Crippen LogP contribution in [0.2, 0.25) is 0 Å². The van der Waals surface area contributed by atoms with E-state index in [0.717, 1.165) is 31.5 Å². The van der Waals surface area contributed by atoms with E-state index in [-0.39, 0.29) is 12.1 Å². The number of pyridine rings is 1. The minimum absolute atomic E-state index is 0.108.